The van der Waals surface area contributed by atoms with Crippen LogP contribution in [0.15, 0.2) is 12.1 Å². The average molecular weight is 286 g/mol. The van der Waals surface area contributed by atoms with Gasteiger partial charge < -0.3 is 15.7 Å². The van der Waals surface area contributed by atoms with E-state index in [-0.39, 0.29) is 12.1 Å². The van der Waals surface area contributed by atoms with E-state index in [1.165, 1.54) is 0 Å². The van der Waals surface area contributed by atoms with E-state index >= 15 is 0 Å². The number of aliphatic hydroxyl groups excluding tert-OH is 1. The van der Waals surface area contributed by atoms with Gasteiger partial charge in [-0.25, -0.2) is 18.0 Å². The van der Waals surface area contributed by atoms with Crippen LogP contribution in [0.25, 0.3) is 0 Å². The number of urea groups is 1. The maximum atomic E-state index is 13.1. The van der Waals surface area contributed by atoms with Gasteiger partial charge in [-0.3, -0.25) is 0 Å². The summed E-state index contributed by atoms with van der Waals surface area (Å²) < 4.78 is 39.0. The van der Waals surface area contributed by atoms with Crippen molar-refractivity contribution in [3.8, 4) is 11.8 Å². The molecule has 1 aromatic carbocycles. The molecule has 0 radical (unpaired) electrons. The molecular weight excluding hydrogens is 273 g/mol. The summed E-state index contributed by atoms with van der Waals surface area (Å²) in [4.78, 5) is 11.4. The minimum atomic E-state index is -1.60. The molecule has 1 rings (SSSR count). The molecule has 3 N–H and O–H groups in total. The third kappa shape index (κ3) is 4.17. The summed E-state index contributed by atoms with van der Waals surface area (Å²) in [5, 5.41) is 13.8. The standard InChI is InChI=1S/C13H13F3N2O2/c1-2-3-4-17-13(20)18-11(7-19)8-5-9(14)12(16)10(15)6-8/h5-6,11,19H,4,7H2,1H3,(H2,17,18,20). The van der Waals surface area contributed by atoms with Crippen molar-refractivity contribution in [3.63, 3.8) is 0 Å². The highest BCUT2D eigenvalue weighted by Gasteiger charge is 2.18. The van der Waals surface area contributed by atoms with E-state index in [0.29, 0.717) is 12.1 Å². The number of nitrogens with one attached hydrogen (secondary N) is 2. The Morgan fingerprint density at radius 3 is 2.45 bits per heavy atom. The highest BCUT2D eigenvalue weighted by atomic mass is 19.2. The Bertz CT molecular complexity index is 529. The first-order chi connectivity index (χ1) is 9.49. The number of aliphatic hydroxyl groups is 1. The summed E-state index contributed by atoms with van der Waals surface area (Å²) in [5.74, 6) is 0.756. The number of hydrogen-bond donors (Lipinski definition) is 3. The number of carbonyl (C=O) groups is 1. The van der Waals surface area contributed by atoms with E-state index in [0.717, 1.165) is 0 Å². The van der Waals surface area contributed by atoms with Gasteiger partial charge >= 0.3 is 6.03 Å². The highest BCUT2D eigenvalue weighted by molar-refractivity contribution is 5.74. The lowest BCUT2D eigenvalue weighted by Gasteiger charge is -2.17. The van der Waals surface area contributed by atoms with Crippen LogP contribution in [-0.2, 0) is 0 Å². The van der Waals surface area contributed by atoms with E-state index in [1.54, 1.807) is 6.92 Å². The van der Waals surface area contributed by atoms with Crippen molar-refractivity contribution in [1.29, 1.82) is 0 Å². The number of halogens is 3. The number of rotatable bonds is 4. The maximum Gasteiger partial charge on any atom is 0.316 e. The van der Waals surface area contributed by atoms with Gasteiger partial charge in [-0.15, -0.1) is 5.92 Å². The van der Waals surface area contributed by atoms with Crippen molar-refractivity contribution in [3.05, 3.63) is 35.1 Å². The van der Waals surface area contributed by atoms with E-state index in [1.807, 2.05) is 0 Å². The van der Waals surface area contributed by atoms with Crippen molar-refractivity contribution >= 4 is 6.03 Å². The van der Waals surface area contributed by atoms with Gasteiger partial charge in [-0.2, -0.15) is 0 Å². The largest absolute Gasteiger partial charge is 0.394 e. The molecular formula is C13H13F3N2O2. The van der Waals surface area contributed by atoms with Crippen molar-refractivity contribution in [2.75, 3.05) is 13.2 Å². The molecule has 7 heteroatoms. The number of carbonyl (C=O) groups excluding carboxylic acids is 1. The Hall–Kier alpha value is -2.20. The van der Waals surface area contributed by atoms with Crippen LogP contribution in [-0.4, -0.2) is 24.3 Å². The summed E-state index contributed by atoms with van der Waals surface area (Å²) in [6.07, 6.45) is 0. The van der Waals surface area contributed by atoms with Gasteiger partial charge in [0.15, 0.2) is 17.5 Å². The topological polar surface area (TPSA) is 61.4 Å². The van der Waals surface area contributed by atoms with Gasteiger partial charge in [0, 0.05) is 0 Å². The summed E-state index contributed by atoms with van der Waals surface area (Å²) in [7, 11) is 0. The number of benzene rings is 1. The predicted octanol–water partition coefficient (Wildman–Crippen LogP) is 1.46. The molecule has 0 spiro atoms. The maximum absolute atomic E-state index is 13.1. The molecule has 0 bridgehead atoms. The Balaban J connectivity index is 2.80. The van der Waals surface area contributed by atoms with E-state index < -0.39 is 36.1 Å². The molecule has 1 unspecified atom stereocenters. The quantitative estimate of drug-likeness (QED) is 0.579. The lowest BCUT2D eigenvalue weighted by atomic mass is 10.1. The van der Waals surface area contributed by atoms with Crippen molar-refractivity contribution in [2.24, 2.45) is 0 Å². The van der Waals surface area contributed by atoms with E-state index in [4.69, 9.17) is 5.11 Å². The van der Waals surface area contributed by atoms with Crippen molar-refractivity contribution < 1.29 is 23.1 Å². The van der Waals surface area contributed by atoms with Crippen LogP contribution >= 0.6 is 0 Å². The molecule has 0 aliphatic rings. The SMILES string of the molecule is CC#CCNC(=O)NC(CO)c1cc(F)c(F)c(F)c1. The van der Waals surface area contributed by atoms with Gasteiger partial charge in [0.25, 0.3) is 0 Å². The molecule has 0 saturated carbocycles. The van der Waals surface area contributed by atoms with Crippen LogP contribution in [0.4, 0.5) is 18.0 Å². The van der Waals surface area contributed by atoms with E-state index in [2.05, 4.69) is 22.5 Å². The molecule has 20 heavy (non-hydrogen) atoms. The van der Waals surface area contributed by atoms with E-state index in [9.17, 15) is 18.0 Å². The molecule has 108 valence electrons. The molecule has 0 aliphatic heterocycles. The molecule has 1 atom stereocenters. The second kappa shape index (κ2) is 7.40. The predicted molar refractivity (Wildman–Crippen MR) is 66.1 cm³/mol. The van der Waals surface area contributed by atoms with Gasteiger partial charge in [-0.1, -0.05) is 5.92 Å². The van der Waals surface area contributed by atoms with Crippen LogP contribution in [0.5, 0.6) is 0 Å². The molecule has 0 aliphatic carbocycles. The zero-order chi connectivity index (χ0) is 15.1. The van der Waals surface area contributed by atoms with Gasteiger partial charge in [0.05, 0.1) is 19.2 Å². The smallest absolute Gasteiger partial charge is 0.316 e. The Labute approximate surface area is 114 Å². The van der Waals surface area contributed by atoms with Gasteiger partial charge in [0.2, 0.25) is 0 Å². The number of amides is 2. The Kier molecular flexibility index (Phi) is 5.87. The van der Waals surface area contributed by atoms with Crippen LogP contribution in [0.2, 0.25) is 0 Å². The monoisotopic (exact) mass is 286 g/mol. The first-order valence-electron chi connectivity index (χ1n) is 5.68. The number of hydrogen-bond acceptors (Lipinski definition) is 2. The van der Waals surface area contributed by atoms with Crippen LogP contribution < -0.4 is 10.6 Å². The zero-order valence-electron chi connectivity index (χ0n) is 10.6. The third-order valence-electron chi connectivity index (χ3n) is 2.41. The van der Waals surface area contributed by atoms with Crippen molar-refractivity contribution in [2.45, 2.75) is 13.0 Å². The molecule has 1 aromatic rings. The summed E-state index contributed by atoms with van der Waals surface area (Å²) in [6, 6.07) is -0.303. The molecule has 0 saturated heterocycles. The van der Waals surface area contributed by atoms with Crippen molar-refractivity contribution in [1.82, 2.24) is 10.6 Å². The van der Waals surface area contributed by atoms with Crippen LogP contribution in [0.1, 0.15) is 18.5 Å². The Morgan fingerprint density at radius 1 is 1.35 bits per heavy atom. The second-order valence-electron chi connectivity index (χ2n) is 3.79. The molecule has 2 amide bonds. The van der Waals surface area contributed by atoms with Crippen LogP contribution in [0.3, 0.4) is 0 Å². The lowest BCUT2D eigenvalue weighted by molar-refractivity contribution is 0.217. The molecule has 0 aromatic heterocycles. The summed E-state index contributed by atoms with van der Waals surface area (Å²) >= 11 is 0. The van der Waals surface area contributed by atoms with Gasteiger partial charge in [0.1, 0.15) is 0 Å². The third-order valence-corrected chi connectivity index (χ3v) is 2.41. The first-order valence-corrected chi connectivity index (χ1v) is 5.68. The zero-order valence-corrected chi connectivity index (χ0v) is 10.6. The molecule has 4 nitrogen and oxygen atoms in total. The molecule has 0 fully saturated rings. The normalized spacial score (nSPS) is 11.2. The Morgan fingerprint density at radius 2 is 1.95 bits per heavy atom. The highest BCUT2D eigenvalue weighted by Crippen LogP contribution is 2.19. The summed E-state index contributed by atoms with van der Waals surface area (Å²) in [6.45, 7) is 1.09. The van der Waals surface area contributed by atoms with Crippen LogP contribution in [0, 0.1) is 29.3 Å². The fourth-order valence-electron chi connectivity index (χ4n) is 1.43. The average Bonchev–Trinajstić information content (AvgIpc) is 2.42. The lowest BCUT2D eigenvalue weighted by Crippen LogP contribution is -2.39. The summed E-state index contributed by atoms with van der Waals surface area (Å²) in [5.41, 5.74) is -0.0828. The fraction of sp³-hybridized carbons (Fsp3) is 0.308. The first kappa shape index (κ1) is 15.9. The fourth-order valence-corrected chi connectivity index (χ4v) is 1.43. The van der Waals surface area contributed by atoms with Gasteiger partial charge in [-0.05, 0) is 24.6 Å². The second-order valence-corrected chi connectivity index (χ2v) is 3.79. The molecule has 0 heterocycles. The minimum Gasteiger partial charge on any atom is -0.394 e. The minimum absolute atomic E-state index is 0.0828.